The van der Waals surface area contributed by atoms with Crippen LogP contribution in [0, 0.1) is 11.3 Å². The summed E-state index contributed by atoms with van der Waals surface area (Å²) in [5.41, 5.74) is -0.456. The zero-order chi connectivity index (χ0) is 13.6. The van der Waals surface area contributed by atoms with Crippen molar-refractivity contribution in [2.45, 2.75) is 40.0 Å². The number of piperidine rings is 1. The van der Waals surface area contributed by atoms with Gasteiger partial charge in [-0.1, -0.05) is 6.92 Å². The van der Waals surface area contributed by atoms with Crippen LogP contribution >= 0.6 is 11.6 Å². The van der Waals surface area contributed by atoms with E-state index < -0.39 is 5.41 Å². The first-order valence-electron chi connectivity index (χ1n) is 7.02. The molecule has 0 radical (unpaired) electrons. The fraction of sp³-hybridized carbons (Fsp3) is 0.929. The monoisotopic (exact) mass is 274 g/mol. The van der Waals surface area contributed by atoms with E-state index in [4.69, 9.17) is 11.6 Å². The van der Waals surface area contributed by atoms with Crippen molar-refractivity contribution in [3.63, 3.8) is 0 Å². The van der Waals surface area contributed by atoms with E-state index >= 15 is 0 Å². The van der Waals surface area contributed by atoms with E-state index in [1.807, 2.05) is 13.8 Å². The number of hydrogen-bond donors (Lipinski definition) is 1. The summed E-state index contributed by atoms with van der Waals surface area (Å²) >= 11 is 5.77. The molecule has 0 aromatic carbocycles. The van der Waals surface area contributed by atoms with Crippen molar-refractivity contribution in [1.29, 1.82) is 0 Å². The van der Waals surface area contributed by atoms with Gasteiger partial charge in [0.15, 0.2) is 0 Å². The Morgan fingerprint density at radius 2 is 2.00 bits per heavy atom. The molecule has 0 aromatic rings. The number of hydrogen-bond acceptors (Lipinski definition) is 2. The van der Waals surface area contributed by atoms with E-state index in [2.05, 4.69) is 17.1 Å². The molecular formula is C14H27ClN2O. The summed E-state index contributed by atoms with van der Waals surface area (Å²) in [7, 11) is 0. The van der Waals surface area contributed by atoms with Gasteiger partial charge in [0.1, 0.15) is 0 Å². The first-order valence-corrected chi connectivity index (χ1v) is 7.56. The summed E-state index contributed by atoms with van der Waals surface area (Å²) in [5.74, 6) is 1.30. The van der Waals surface area contributed by atoms with Gasteiger partial charge in [-0.05, 0) is 58.7 Å². The van der Waals surface area contributed by atoms with E-state index in [0.717, 1.165) is 25.4 Å². The Bertz CT molecular complexity index is 261. The molecule has 1 heterocycles. The summed E-state index contributed by atoms with van der Waals surface area (Å²) in [6, 6.07) is 0. The molecule has 4 heteroatoms. The molecule has 0 aliphatic carbocycles. The van der Waals surface area contributed by atoms with Crippen LogP contribution in [0.1, 0.15) is 40.0 Å². The Hall–Kier alpha value is -0.280. The Morgan fingerprint density at radius 3 is 2.56 bits per heavy atom. The third-order valence-electron chi connectivity index (χ3n) is 3.76. The SMILES string of the molecule is CC1CCN(CCCNC(=O)C(C)(C)CCl)CC1. The summed E-state index contributed by atoms with van der Waals surface area (Å²) in [4.78, 5) is 14.3. The molecule has 0 aromatic heterocycles. The Balaban J connectivity index is 2.10. The predicted octanol–water partition coefficient (Wildman–Crippen LogP) is 2.49. The lowest BCUT2D eigenvalue weighted by atomic mass is 9.95. The number of nitrogens with one attached hydrogen (secondary N) is 1. The minimum absolute atomic E-state index is 0.0600. The minimum atomic E-state index is -0.456. The topological polar surface area (TPSA) is 32.3 Å². The van der Waals surface area contributed by atoms with Crippen molar-refractivity contribution in [1.82, 2.24) is 10.2 Å². The number of nitrogens with zero attached hydrogens (tertiary/aromatic N) is 1. The van der Waals surface area contributed by atoms with E-state index in [1.54, 1.807) is 0 Å². The number of rotatable bonds is 6. The van der Waals surface area contributed by atoms with Gasteiger partial charge in [-0.2, -0.15) is 0 Å². The first kappa shape index (κ1) is 15.8. The number of halogens is 1. The smallest absolute Gasteiger partial charge is 0.226 e. The van der Waals surface area contributed by atoms with Crippen molar-refractivity contribution in [3.05, 3.63) is 0 Å². The number of amides is 1. The normalized spacial score (nSPS) is 18.9. The van der Waals surface area contributed by atoms with Gasteiger partial charge in [0, 0.05) is 12.4 Å². The van der Waals surface area contributed by atoms with Crippen LogP contribution in [-0.2, 0) is 4.79 Å². The Morgan fingerprint density at radius 1 is 1.39 bits per heavy atom. The number of likely N-dealkylation sites (tertiary alicyclic amines) is 1. The highest BCUT2D eigenvalue weighted by atomic mass is 35.5. The second-order valence-electron chi connectivity index (χ2n) is 6.15. The largest absolute Gasteiger partial charge is 0.356 e. The van der Waals surface area contributed by atoms with Crippen LogP contribution in [0.4, 0.5) is 0 Å². The van der Waals surface area contributed by atoms with Crippen molar-refractivity contribution in [3.8, 4) is 0 Å². The van der Waals surface area contributed by atoms with Gasteiger partial charge >= 0.3 is 0 Å². The van der Waals surface area contributed by atoms with E-state index in [-0.39, 0.29) is 5.91 Å². The van der Waals surface area contributed by atoms with Crippen LogP contribution in [0.5, 0.6) is 0 Å². The fourth-order valence-corrected chi connectivity index (χ4v) is 2.21. The standard InChI is InChI=1S/C14H27ClN2O/c1-12-5-9-17(10-6-12)8-4-7-16-13(18)14(2,3)11-15/h12H,4-11H2,1-3H3,(H,16,18). The molecular weight excluding hydrogens is 248 g/mol. The van der Waals surface area contributed by atoms with Crippen molar-refractivity contribution in [2.75, 3.05) is 32.1 Å². The zero-order valence-corrected chi connectivity index (χ0v) is 12.7. The highest BCUT2D eigenvalue weighted by Crippen LogP contribution is 2.17. The highest BCUT2D eigenvalue weighted by molar-refractivity contribution is 6.19. The van der Waals surface area contributed by atoms with Gasteiger partial charge in [0.25, 0.3) is 0 Å². The predicted molar refractivity (Wildman–Crippen MR) is 77.0 cm³/mol. The van der Waals surface area contributed by atoms with Crippen LogP contribution in [-0.4, -0.2) is 42.9 Å². The average Bonchev–Trinajstić information content (AvgIpc) is 2.36. The summed E-state index contributed by atoms with van der Waals surface area (Å²) in [6.45, 7) is 10.3. The lowest BCUT2D eigenvalue weighted by Gasteiger charge is -2.30. The van der Waals surface area contributed by atoms with Crippen molar-refractivity contribution in [2.24, 2.45) is 11.3 Å². The van der Waals surface area contributed by atoms with Gasteiger partial charge < -0.3 is 10.2 Å². The van der Waals surface area contributed by atoms with Gasteiger partial charge in [0.05, 0.1) is 5.41 Å². The van der Waals surface area contributed by atoms with Crippen LogP contribution < -0.4 is 5.32 Å². The molecule has 1 saturated heterocycles. The van der Waals surface area contributed by atoms with Gasteiger partial charge in [-0.15, -0.1) is 11.6 Å². The molecule has 1 rings (SSSR count). The molecule has 1 N–H and O–H groups in total. The van der Waals surface area contributed by atoms with E-state index in [1.165, 1.54) is 25.9 Å². The second-order valence-corrected chi connectivity index (χ2v) is 6.42. The van der Waals surface area contributed by atoms with E-state index in [9.17, 15) is 4.79 Å². The molecule has 1 fully saturated rings. The van der Waals surface area contributed by atoms with Crippen LogP contribution in [0.25, 0.3) is 0 Å². The third-order valence-corrected chi connectivity index (χ3v) is 4.43. The minimum Gasteiger partial charge on any atom is -0.356 e. The molecule has 1 aliphatic heterocycles. The maximum Gasteiger partial charge on any atom is 0.226 e. The summed E-state index contributed by atoms with van der Waals surface area (Å²) < 4.78 is 0. The quantitative estimate of drug-likeness (QED) is 0.596. The average molecular weight is 275 g/mol. The third kappa shape index (κ3) is 5.15. The Kier molecular flexibility index (Phi) is 6.44. The molecule has 106 valence electrons. The molecule has 3 nitrogen and oxygen atoms in total. The number of carbonyl (C=O) groups excluding carboxylic acids is 1. The zero-order valence-electron chi connectivity index (χ0n) is 12.0. The molecule has 18 heavy (non-hydrogen) atoms. The lowest BCUT2D eigenvalue weighted by molar-refractivity contribution is -0.128. The fourth-order valence-electron chi connectivity index (χ4n) is 2.09. The molecule has 0 atom stereocenters. The lowest BCUT2D eigenvalue weighted by Crippen LogP contribution is -2.40. The molecule has 1 aliphatic rings. The summed E-state index contributed by atoms with van der Waals surface area (Å²) in [6.07, 6.45) is 3.65. The Labute approximate surface area is 116 Å². The maximum atomic E-state index is 11.8. The van der Waals surface area contributed by atoms with Crippen LogP contribution in [0.3, 0.4) is 0 Å². The maximum absolute atomic E-state index is 11.8. The molecule has 0 saturated carbocycles. The first-order chi connectivity index (χ1) is 8.45. The number of carbonyl (C=O) groups is 1. The molecule has 1 amide bonds. The van der Waals surface area contributed by atoms with Crippen LogP contribution in [0.2, 0.25) is 0 Å². The molecule has 0 spiro atoms. The van der Waals surface area contributed by atoms with Crippen LogP contribution in [0.15, 0.2) is 0 Å². The number of alkyl halides is 1. The molecule has 0 bridgehead atoms. The molecule has 0 unspecified atom stereocenters. The van der Waals surface area contributed by atoms with Crippen molar-refractivity contribution < 1.29 is 4.79 Å². The highest BCUT2D eigenvalue weighted by Gasteiger charge is 2.25. The van der Waals surface area contributed by atoms with Gasteiger partial charge in [0.2, 0.25) is 5.91 Å². The second kappa shape index (κ2) is 7.34. The van der Waals surface area contributed by atoms with Crippen molar-refractivity contribution >= 4 is 17.5 Å². The summed E-state index contributed by atoms with van der Waals surface area (Å²) in [5, 5.41) is 2.97. The van der Waals surface area contributed by atoms with E-state index in [0.29, 0.717) is 5.88 Å². The van der Waals surface area contributed by atoms with Gasteiger partial charge in [-0.25, -0.2) is 0 Å². The van der Waals surface area contributed by atoms with Gasteiger partial charge in [-0.3, -0.25) is 4.79 Å².